The molecule has 0 N–H and O–H groups in total. The Bertz CT molecular complexity index is 980. The molecule has 2 aromatic carbocycles. The molecule has 0 radical (unpaired) electrons. The molecule has 0 unspecified atom stereocenters. The molecule has 1 heterocycles. The molecule has 1 aliphatic heterocycles. The number of aryl methyl sites for hydroxylation is 1. The minimum atomic E-state index is -0.941. The second-order valence-electron chi connectivity index (χ2n) is 7.48. The van der Waals surface area contributed by atoms with Crippen LogP contribution in [-0.4, -0.2) is 42.9 Å². The van der Waals surface area contributed by atoms with Gasteiger partial charge in [-0.1, -0.05) is 29.8 Å². The number of rotatable bonds is 7. The number of Topliss-reactive ketones (excluding diaryl/α,β-unsaturated/α-hetero) is 1. The van der Waals surface area contributed by atoms with E-state index in [4.69, 9.17) is 9.47 Å². The molecule has 0 spiro atoms. The van der Waals surface area contributed by atoms with Crippen LogP contribution in [0.1, 0.15) is 46.5 Å². The zero-order chi connectivity index (χ0) is 22.5. The first-order valence-electron chi connectivity index (χ1n) is 10.2. The van der Waals surface area contributed by atoms with Gasteiger partial charge in [0.25, 0.3) is 0 Å². The highest BCUT2D eigenvalue weighted by atomic mass is 16.5. The third-order valence-electron chi connectivity index (χ3n) is 5.15. The largest absolute Gasteiger partial charge is 0.462 e. The Morgan fingerprint density at radius 3 is 2.26 bits per heavy atom. The zero-order valence-corrected chi connectivity index (χ0v) is 17.8. The average molecular weight is 423 g/mol. The first-order valence-corrected chi connectivity index (χ1v) is 10.2. The number of anilines is 1. The van der Waals surface area contributed by atoms with Crippen molar-refractivity contribution >= 4 is 29.3 Å². The Hall–Kier alpha value is -3.48. The lowest BCUT2D eigenvalue weighted by Gasteiger charge is -2.18. The minimum Gasteiger partial charge on any atom is -0.462 e. The molecule has 1 saturated heterocycles. The quantitative estimate of drug-likeness (QED) is 0.501. The SMILES string of the molecule is CCOC(=O)c1ccc(N2C[C@@H](C(=O)O[C@@H](C)C(=O)c3ccc(C)cc3)CC2=O)cc1. The first-order chi connectivity index (χ1) is 14.8. The maximum absolute atomic E-state index is 12.6. The molecule has 0 saturated carbocycles. The zero-order valence-electron chi connectivity index (χ0n) is 17.8. The van der Waals surface area contributed by atoms with Gasteiger partial charge in [0.05, 0.1) is 18.1 Å². The van der Waals surface area contributed by atoms with Gasteiger partial charge in [-0.15, -0.1) is 0 Å². The van der Waals surface area contributed by atoms with Crippen LogP contribution in [0, 0.1) is 12.8 Å². The Morgan fingerprint density at radius 2 is 1.65 bits per heavy atom. The molecular weight excluding hydrogens is 398 g/mol. The number of hydrogen-bond donors (Lipinski definition) is 0. The van der Waals surface area contributed by atoms with Gasteiger partial charge >= 0.3 is 11.9 Å². The molecule has 0 bridgehead atoms. The number of amides is 1. The van der Waals surface area contributed by atoms with E-state index in [1.807, 2.05) is 19.1 Å². The van der Waals surface area contributed by atoms with E-state index < -0.39 is 24.0 Å². The van der Waals surface area contributed by atoms with E-state index in [0.29, 0.717) is 16.8 Å². The summed E-state index contributed by atoms with van der Waals surface area (Å²) in [6.07, 6.45) is -0.938. The molecule has 31 heavy (non-hydrogen) atoms. The summed E-state index contributed by atoms with van der Waals surface area (Å²) in [5.41, 5.74) is 2.46. The molecule has 3 rings (SSSR count). The van der Waals surface area contributed by atoms with Gasteiger partial charge in [0, 0.05) is 24.2 Å². The number of nitrogens with zero attached hydrogens (tertiary/aromatic N) is 1. The van der Waals surface area contributed by atoms with Gasteiger partial charge in [0.15, 0.2) is 6.10 Å². The third-order valence-corrected chi connectivity index (χ3v) is 5.15. The van der Waals surface area contributed by atoms with Gasteiger partial charge in [0.2, 0.25) is 11.7 Å². The number of benzene rings is 2. The summed E-state index contributed by atoms with van der Waals surface area (Å²) in [6.45, 7) is 5.61. The molecule has 7 heteroatoms. The first kappa shape index (κ1) is 22.2. The Morgan fingerprint density at radius 1 is 1.03 bits per heavy atom. The molecule has 1 fully saturated rings. The van der Waals surface area contributed by atoms with Crippen LogP contribution >= 0.6 is 0 Å². The van der Waals surface area contributed by atoms with Crippen LogP contribution in [-0.2, 0) is 19.1 Å². The molecule has 7 nitrogen and oxygen atoms in total. The lowest BCUT2D eigenvalue weighted by molar-refractivity contribution is -0.151. The van der Waals surface area contributed by atoms with Crippen LogP contribution in [0.25, 0.3) is 0 Å². The number of ketones is 1. The molecular formula is C24H25NO6. The Balaban J connectivity index is 1.61. The van der Waals surface area contributed by atoms with Crippen molar-refractivity contribution in [3.05, 3.63) is 65.2 Å². The van der Waals surface area contributed by atoms with Crippen molar-refractivity contribution in [2.45, 2.75) is 33.3 Å². The van der Waals surface area contributed by atoms with Crippen molar-refractivity contribution in [2.75, 3.05) is 18.1 Å². The third kappa shape index (κ3) is 5.17. The summed E-state index contributed by atoms with van der Waals surface area (Å²) in [4.78, 5) is 50.8. The van der Waals surface area contributed by atoms with Crippen LogP contribution in [0.15, 0.2) is 48.5 Å². The van der Waals surface area contributed by atoms with Crippen molar-refractivity contribution in [2.24, 2.45) is 5.92 Å². The molecule has 2 aromatic rings. The normalized spacial score (nSPS) is 16.7. The van der Waals surface area contributed by atoms with Crippen LogP contribution in [0.2, 0.25) is 0 Å². The second kappa shape index (κ2) is 9.55. The fourth-order valence-corrected chi connectivity index (χ4v) is 3.38. The van der Waals surface area contributed by atoms with Crippen LogP contribution < -0.4 is 4.90 Å². The monoisotopic (exact) mass is 423 g/mol. The number of ether oxygens (including phenoxy) is 2. The predicted octanol–water partition coefficient (Wildman–Crippen LogP) is 3.34. The molecule has 0 aromatic heterocycles. The van der Waals surface area contributed by atoms with Crippen LogP contribution in [0.3, 0.4) is 0 Å². The van der Waals surface area contributed by atoms with Crippen molar-refractivity contribution in [1.29, 1.82) is 0 Å². The van der Waals surface area contributed by atoms with Gasteiger partial charge in [-0.05, 0) is 45.0 Å². The van der Waals surface area contributed by atoms with Crippen molar-refractivity contribution in [3.8, 4) is 0 Å². The standard InChI is InChI=1S/C24H25NO6/c1-4-30-23(28)18-9-11-20(12-10-18)25-14-19(13-21(25)26)24(29)31-16(3)22(27)17-7-5-15(2)6-8-17/h5-12,16,19H,4,13-14H2,1-3H3/t16-,19-/m0/s1. The molecule has 1 aliphatic rings. The maximum Gasteiger partial charge on any atom is 0.338 e. The van der Waals surface area contributed by atoms with E-state index >= 15 is 0 Å². The van der Waals surface area contributed by atoms with Gasteiger partial charge in [-0.3, -0.25) is 14.4 Å². The summed E-state index contributed by atoms with van der Waals surface area (Å²) in [5.74, 6) is -2.18. The second-order valence-corrected chi connectivity index (χ2v) is 7.48. The lowest BCUT2D eigenvalue weighted by atomic mass is 10.1. The highest BCUT2D eigenvalue weighted by Gasteiger charge is 2.37. The topological polar surface area (TPSA) is 90.0 Å². The molecule has 1 amide bonds. The Kier molecular flexibility index (Phi) is 6.84. The molecule has 2 atom stereocenters. The number of hydrogen-bond acceptors (Lipinski definition) is 6. The summed E-state index contributed by atoms with van der Waals surface area (Å²) in [7, 11) is 0. The fraction of sp³-hybridized carbons (Fsp3) is 0.333. The van der Waals surface area contributed by atoms with E-state index in [0.717, 1.165) is 5.56 Å². The minimum absolute atomic E-state index is 0.00387. The number of carbonyl (C=O) groups excluding carboxylic acids is 4. The maximum atomic E-state index is 12.6. The Labute approximate surface area is 180 Å². The smallest absolute Gasteiger partial charge is 0.338 e. The van der Waals surface area contributed by atoms with Gasteiger partial charge in [-0.2, -0.15) is 0 Å². The van der Waals surface area contributed by atoms with Crippen LogP contribution in [0.4, 0.5) is 5.69 Å². The lowest BCUT2D eigenvalue weighted by Crippen LogP contribution is -2.30. The summed E-state index contributed by atoms with van der Waals surface area (Å²) in [5, 5.41) is 0. The highest BCUT2D eigenvalue weighted by molar-refractivity contribution is 6.02. The average Bonchev–Trinajstić information content (AvgIpc) is 3.16. The van der Waals surface area contributed by atoms with E-state index in [1.165, 1.54) is 11.8 Å². The van der Waals surface area contributed by atoms with Crippen LogP contribution in [0.5, 0.6) is 0 Å². The summed E-state index contributed by atoms with van der Waals surface area (Å²) in [6, 6.07) is 13.5. The van der Waals surface area contributed by atoms with Gasteiger partial charge in [-0.25, -0.2) is 4.79 Å². The van der Waals surface area contributed by atoms with E-state index in [2.05, 4.69) is 0 Å². The summed E-state index contributed by atoms with van der Waals surface area (Å²) >= 11 is 0. The number of carbonyl (C=O) groups is 4. The molecule has 162 valence electrons. The summed E-state index contributed by atoms with van der Waals surface area (Å²) < 4.78 is 10.3. The predicted molar refractivity (Wildman–Crippen MR) is 114 cm³/mol. The number of esters is 2. The van der Waals surface area contributed by atoms with Crippen molar-refractivity contribution < 1.29 is 28.7 Å². The van der Waals surface area contributed by atoms with Crippen molar-refractivity contribution in [1.82, 2.24) is 0 Å². The van der Waals surface area contributed by atoms with E-state index in [9.17, 15) is 19.2 Å². The van der Waals surface area contributed by atoms with E-state index in [-0.39, 0.29) is 31.3 Å². The van der Waals surface area contributed by atoms with Crippen molar-refractivity contribution in [3.63, 3.8) is 0 Å². The molecule has 0 aliphatic carbocycles. The highest BCUT2D eigenvalue weighted by Crippen LogP contribution is 2.27. The fourth-order valence-electron chi connectivity index (χ4n) is 3.38. The van der Waals surface area contributed by atoms with E-state index in [1.54, 1.807) is 43.3 Å². The van der Waals surface area contributed by atoms with Gasteiger partial charge < -0.3 is 14.4 Å². The van der Waals surface area contributed by atoms with Gasteiger partial charge in [0.1, 0.15) is 0 Å².